The van der Waals surface area contributed by atoms with E-state index < -0.39 is 9.84 Å². The van der Waals surface area contributed by atoms with Crippen molar-refractivity contribution in [2.75, 3.05) is 20.0 Å². The van der Waals surface area contributed by atoms with Gasteiger partial charge < -0.3 is 9.47 Å². The first kappa shape index (κ1) is 23.7. The van der Waals surface area contributed by atoms with E-state index in [9.17, 15) is 8.42 Å². The zero-order valence-electron chi connectivity index (χ0n) is 18.6. The van der Waals surface area contributed by atoms with Crippen LogP contribution in [0.3, 0.4) is 0 Å². The Morgan fingerprint density at radius 3 is 2.23 bits per heavy atom. The zero-order chi connectivity index (χ0) is 22.1. The molecule has 0 aliphatic carbocycles. The summed E-state index contributed by atoms with van der Waals surface area (Å²) in [5.74, 6) is 1.77. The molecule has 2 aromatic carbocycles. The number of sulfone groups is 1. The van der Waals surface area contributed by atoms with Crippen molar-refractivity contribution in [2.45, 2.75) is 44.9 Å². The fraction of sp³-hybridized carbons (Fsp3) is 0.360. The number of methoxy groups -OCH3 is 2. The van der Waals surface area contributed by atoms with Crippen LogP contribution in [0.4, 0.5) is 0 Å². The van der Waals surface area contributed by atoms with E-state index in [0.717, 1.165) is 47.5 Å². The highest BCUT2D eigenvalue weighted by atomic mass is 32.2. The van der Waals surface area contributed by atoms with Gasteiger partial charge >= 0.3 is 0 Å². The van der Waals surface area contributed by atoms with E-state index in [1.807, 2.05) is 38.1 Å². The smallest absolute Gasteiger partial charge is 0.182 e. The minimum atomic E-state index is -3.28. The number of hydrogen-bond donors (Lipinski definition) is 0. The predicted molar refractivity (Wildman–Crippen MR) is 123 cm³/mol. The minimum absolute atomic E-state index is 0.0557. The van der Waals surface area contributed by atoms with Crippen molar-refractivity contribution in [3.05, 3.63) is 76.9 Å². The van der Waals surface area contributed by atoms with Crippen molar-refractivity contribution in [2.24, 2.45) is 0 Å². The van der Waals surface area contributed by atoms with E-state index in [-0.39, 0.29) is 5.75 Å². The van der Waals surface area contributed by atoms with Crippen LogP contribution in [0.25, 0.3) is 0 Å². The Hall–Kier alpha value is -2.53. The second-order valence-electron chi connectivity index (χ2n) is 7.55. The molecule has 2 aromatic rings. The fourth-order valence-electron chi connectivity index (χ4n) is 3.28. The lowest BCUT2D eigenvalue weighted by molar-refractivity contribution is 0.397. The third kappa shape index (κ3) is 6.77. The summed E-state index contributed by atoms with van der Waals surface area (Å²) < 4.78 is 35.8. The van der Waals surface area contributed by atoms with Crippen molar-refractivity contribution >= 4 is 9.84 Å². The number of benzene rings is 2. The maximum Gasteiger partial charge on any atom is 0.182 e. The van der Waals surface area contributed by atoms with E-state index in [4.69, 9.17) is 9.47 Å². The largest absolute Gasteiger partial charge is 0.496 e. The molecule has 0 heterocycles. The van der Waals surface area contributed by atoms with Crippen LogP contribution in [0.1, 0.15) is 37.8 Å². The molecule has 2 rings (SSSR count). The van der Waals surface area contributed by atoms with E-state index in [1.54, 1.807) is 38.5 Å². The topological polar surface area (TPSA) is 52.6 Å². The maximum absolute atomic E-state index is 12.5. The molecule has 0 aromatic heterocycles. The molecule has 0 amide bonds. The summed E-state index contributed by atoms with van der Waals surface area (Å²) in [5.41, 5.74) is 4.26. The maximum atomic E-state index is 12.5. The van der Waals surface area contributed by atoms with Crippen LogP contribution in [0.5, 0.6) is 11.5 Å². The molecule has 0 bridgehead atoms. The molecule has 5 heteroatoms. The molecule has 0 saturated heterocycles. The van der Waals surface area contributed by atoms with Gasteiger partial charge in [0.15, 0.2) is 9.84 Å². The van der Waals surface area contributed by atoms with Gasteiger partial charge in [-0.05, 0) is 69.9 Å². The van der Waals surface area contributed by atoms with Gasteiger partial charge in [-0.1, -0.05) is 41.5 Å². The number of rotatable bonds is 10. The predicted octanol–water partition coefficient (Wildman–Crippen LogP) is 5.70. The average Bonchev–Trinajstić information content (AvgIpc) is 2.72. The Balaban J connectivity index is 1.95. The Morgan fingerprint density at radius 2 is 1.60 bits per heavy atom. The molecular weight excluding hydrogens is 396 g/mol. The highest BCUT2D eigenvalue weighted by molar-refractivity contribution is 7.91. The number of allylic oxidation sites excluding steroid dienone is 3. The Bertz CT molecular complexity index is 1000. The first-order valence-electron chi connectivity index (χ1n) is 10.1. The normalized spacial score (nSPS) is 12.7. The third-order valence-electron chi connectivity index (χ3n) is 5.02. The monoisotopic (exact) mass is 428 g/mol. The summed E-state index contributed by atoms with van der Waals surface area (Å²) in [6.07, 6.45) is 6.67. The second-order valence-corrected chi connectivity index (χ2v) is 9.54. The molecule has 0 saturated carbocycles. The van der Waals surface area contributed by atoms with Gasteiger partial charge in [-0.15, -0.1) is 0 Å². The van der Waals surface area contributed by atoms with Crippen LogP contribution >= 0.6 is 0 Å². The van der Waals surface area contributed by atoms with Gasteiger partial charge in [0, 0.05) is 5.56 Å². The SMILES string of the molecule is COc1cc(C/C=C(\C)CC/C=C(\C)CS(=O)(=O)c2ccccc2)c(OC)cc1C. The molecular formula is C25H32O4S. The van der Waals surface area contributed by atoms with Crippen molar-refractivity contribution in [3.8, 4) is 11.5 Å². The van der Waals surface area contributed by atoms with Gasteiger partial charge in [-0.2, -0.15) is 0 Å². The lowest BCUT2D eigenvalue weighted by atomic mass is 10.0. The van der Waals surface area contributed by atoms with Gasteiger partial charge in [0.25, 0.3) is 0 Å². The molecule has 0 fully saturated rings. The van der Waals surface area contributed by atoms with E-state index in [1.165, 1.54) is 5.57 Å². The van der Waals surface area contributed by atoms with Gasteiger partial charge in [0.05, 0.1) is 24.9 Å². The van der Waals surface area contributed by atoms with E-state index in [2.05, 4.69) is 13.0 Å². The van der Waals surface area contributed by atoms with Crippen molar-refractivity contribution < 1.29 is 17.9 Å². The fourth-order valence-corrected chi connectivity index (χ4v) is 4.73. The van der Waals surface area contributed by atoms with Crippen molar-refractivity contribution in [3.63, 3.8) is 0 Å². The first-order chi connectivity index (χ1) is 14.3. The highest BCUT2D eigenvalue weighted by Crippen LogP contribution is 2.29. The van der Waals surface area contributed by atoms with Gasteiger partial charge in [-0.3, -0.25) is 0 Å². The standard InChI is InChI=1S/C25H32O4S/c1-19(14-15-22-17-24(28-4)21(3)16-25(22)29-5)10-9-11-20(2)18-30(26,27)23-12-7-6-8-13-23/h6-8,11-14,16-17H,9-10,15,18H2,1-5H3/b19-14+,20-11+. The summed E-state index contributed by atoms with van der Waals surface area (Å²) in [5, 5.41) is 0. The number of ether oxygens (including phenoxy) is 2. The Kier molecular flexibility index (Phi) is 8.72. The Labute approximate surface area is 181 Å². The van der Waals surface area contributed by atoms with Crippen LogP contribution in [0.15, 0.2) is 70.7 Å². The van der Waals surface area contributed by atoms with Crippen LogP contribution < -0.4 is 9.47 Å². The van der Waals surface area contributed by atoms with Crippen molar-refractivity contribution in [1.29, 1.82) is 0 Å². The van der Waals surface area contributed by atoms with Gasteiger partial charge in [-0.25, -0.2) is 8.42 Å². The third-order valence-corrected chi connectivity index (χ3v) is 6.85. The molecule has 0 aliphatic heterocycles. The summed E-state index contributed by atoms with van der Waals surface area (Å²) in [7, 11) is 0.0689. The van der Waals surface area contributed by atoms with Crippen molar-refractivity contribution in [1.82, 2.24) is 0 Å². The summed E-state index contributed by atoms with van der Waals surface area (Å²) >= 11 is 0. The molecule has 162 valence electrons. The minimum Gasteiger partial charge on any atom is -0.496 e. The molecule has 0 aliphatic rings. The molecule has 4 nitrogen and oxygen atoms in total. The summed E-state index contributed by atoms with van der Waals surface area (Å²) in [6, 6.07) is 12.6. The van der Waals surface area contributed by atoms with Gasteiger partial charge in [0.2, 0.25) is 0 Å². The highest BCUT2D eigenvalue weighted by Gasteiger charge is 2.14. The molecule has 0 N–H and O–H groups in total. The molecule has 0 atom stereocenters. The Morgan fingerprint density at radius 1 is 0.933 bits per heavy atom. The van der Waals surface area contributed by atoms with Crippen LogP contribution in [0.2, 0.25) is 0 Å². The van der Waals surface area contributed by atoms with E-state index >= 15 is 0 Å². The molecule has 0 radical (unpaired) electrons. The number of aryl methyl sites for hydroxylation is 1. The molecule has 0 spiro atoms. The van der Waals surface area contributed by atoms with Crippen LogP contribution in [-0.4, -0.2) is 28.4 Å². The zero-order valence-corrected chi connectivity index (χ0v) is 19.4. The summed E-state index contributed by atoms with van der Waals surface area (Å²) in [4.78, 5) is 0.372. The summed E-state index contributed by atoms with van der Waals surface area (Å²) in [6.45, 7) is 5.98. The average molecular weight is 429 g/mol. The lowest BCUT2D eigenvalue weighted by Crippen LogP contribution is -2.07. The second kappa shape index (κ2) is 11.0. The lowest BCUT2D eigenvalue weighted by Gasteiger charge is -2.12. The van der Waals surface area contributed by atoms with Gasteiger partial charge in [0.1, 0.15) is 11.5 Å². The van der Waals surface area contributed by atoms with E-state index in [0.29, 0.717) is 4.90 Å². The van der Waals surface area contributed by atoms with Crippen LogP contribution in [0, 0.1) is 6.92 Å². The molecule has 0 unspecified atom stereocenters. The number of hydrogen-bond acceptors (Lipinski definition) is 4. The molecule has 30 heavy (non-hydrogen) atoms. The first-order valence-corrected chi connectivity index (χ1v) is 11.7. The van der Waals surface area contributed by atoms with Crippen LogP contribution in [-0.2, 0) is 16.3 Å². The quantitative estimate of drug-likeness (QED) is 0.455.